The number of ether oxygens (including phenoxy) is 1. The minimum absolute atomic E-state index is 0.0872. The Hall–Kier alpha value is -2.04. The monoisotopic (exact) mass is 342 g/mol. The highest BCUT2D eigenvalue weighted by molar-refractivity contribution is 5.82. The fourth-order valence-electron chi connectivity index (χ4n) is 4.51. The number of hydrogen-bond donors (Lipinski definition) is 0. The molecule has 0 bridgehead atoms. The minimum Gasteiger partial charge on any atom is -0.480 e. The lowest BCUT2D eigenvalue weighted by molar-refractivity contribution is -0.141. The molecule has 5 nitrogen and oxygen atoms in total. The Labute approximate surface area is 148 Å². The molecule has 2 amide bonds. The Kier molecular flexibility index (Phi) is 4.18. The quantitative estimate of drug-likeness (QED) is 0.828. The fourth-order valence-corrected chi connectivity index (χ4v) is 4.51. The molecule has 1 spiro atoms. The van der Waals surface area contributed by atoms with E-state index in [1.54, 1.807) is 0 Å². The van der Waals surface area contributed by atoms with E-state index in [0.29, 0.717) is 6.42 Å². The normalized spacial score (nSPS) is 25.0. The highest BCUT2D eigenvalue weighted by atomic mass is 16.5. The van der Waals surface area contributed by atoms with Gasteiger partial charge in [0.05, 0.1) is 0 Å². The number of para-hydroxylation sites is 1. The van der Waals surface area contributed by atoms with Crippen molar-refractivity contribution in [3.63, 3.8) is 0 Å². The number of amides is 2. The van der Waals surface area contributed by atoms with E-state index >= 15 is 0 Å². The zero-order valence-electron chi connectivity index (χ0n) is 14.9. The molecule has 0 unspecified atom stereocenters. The van der Waals surface area contributed by atoms with Crippen LogP contribution in [0.25, 0.3) is 0 Å². The third-order valence-electron chi connectivity index (χ3n) is 6.12. The Bertz CT molecular complexity index is 679. The van der Waals surface area contributed by atoms with Crippen LogP contribution in [0.5, 0.6) is 5.75 Å². The smallest absolute Gasteiger partial charge is 0.263 e. The minimum atomic E-state index is -0.360. The van der Waals surface area contributed by atoms with E-state index in [9.17, 15) is 9.59 Å². The third-order valence-corrected chi connectivity index (χ3v) is 6.12. The van der Waals surface area contributed by atoms with Crippen LogP contribution >= 0.6 is 0 Å². The molecule has 2 fully saturated rings. The third kappa shape index (κ3) is 3.00. The molecule has 0 aromatic heterocycles. The largest absolute Gasteiger partial charge is 0.480 e. The molecule has 134 valence electrons. The van der Waals surface area contributed by atoms with Gasteiger partial charge in [-0.15, -0.1) is 0 Å². The number of aryl methyl sites for hydroxylation is 1. The van der Waals surface area contributed by atoms with Crippen LogP contribution in [-0.2, 0) is 16.0 Å². The van der Waals surface area contributed by atoms with Gasteiger partial charge in [0.2, 0.25) is 5.91 Å². The van der Waals surface area contributed by atoms with Crippen molar-refractivity contribution in [2.75, 3.05) is 26.2 Å². The molecule has 3 aliphatic heterocycles. The van der Waals surface area contributed by atoms with Crippen LogP contribution in [-0.4, -0.2) is 53.9 Å². The molecule has 1 aromatic rings. The van der Waals surface area contributed by atoms with Crippen LogP contribution in [0.1, 0.15) is 38.2 Å². The maximum atomic E-state index is 12.9. The number of fused-ring (bicyclic) bond motifs is 1. The van der Waals surface area contributed by atoms with E-state index in [4.69, 9.17) is 4.74 Å². The van der Waals surface area contributed by atoms with Crippen LogP contribution in [0.2, 0.25) is 0 Å². The predicted octanol–water partition coefficient (Wildman–Crippen LogP) is 2.24. The second kappa shape index (κ2) is 6.36. The molecule has 0 saturated carbocycles. The second-order valence-corrected chi connectivity index (χ2v) is 7.66. The molecule has 2 saturated heterocycles. The van der Waals surface area contributed by atoms with Crippen molar-refractivity contribution in [2.24, 2.45) is 5.41 Å². The first-order chi connectivity index (χ1) is 12.1. The van der Waals surface area contributed by atoms with Gasteiger partial charge in [-0.2, -0.15) is 0 Å². The fraction of sp³-hybridized carbons (Fsp3) is 0.600. The first-order valence-electron chi connectivity index (χ1n) is 9.41. The average molecular weight is 342 g/mol. The Balaban J connectivity index is 1.37. The number of rotatable bonds is 2. The number of piperidine rings is 1. The van der Waals surface area contributed by atoms with Crippen molar-refractivity contribution < 1.29 is 14.3 Å². The lowest BCUT2D eigenvalue weighted by atomic mass is 9.77. The highest BCUT2D eigenvalue weighted by Gasteiger charge is 2.45. The lowest BCUT2D eigenvalue weighted by Crippen LogP contribution is -2.49. The predicted molar refractivity (Wildman–Crippen MR) is 94.3 cm³/mol. The zero-order valence-corrected chi connectivity index (χ0v) is 14.9. The van der Waals surface area contributed by atoms with Gasteiger partial charge in [-0.1, -0.05) is 18.2 Å². The van der Waals surface area contributed by atoms with Gasteiger partial charge in [0, 0.05) is 38.0 Å². The summed E-state index contributed by atoms with van der Waals surface area (Å²) in [5, 5.41) is 0. The average Bonchev–Trinajstić information content (AvgIpc) is 2.96. The molecule has 0 N–H and O–H groups in total. The van der Waals surface area contributed by atoms with Crippen molar-refractivity contribution in [2.45, 2.75) is 45.1 Å². The Morgan fingerprint density at radius 1 is 1.28 bits per heavy atom. The summed E-state index contributed by atoms with van der Waals surface area (Å²) < 4.78 is 5.96. The summed E-state index contributed by atoms with van der Waals surface area (Å²) >= 11 is 0. The number of benzene rings is 1. The summed E-state index contributed by atoms with van der Waals surface area (Å²) in [5.41, 5.74) is 1.28. The van der Waals surface area contributed by atoms with Crippen molar-refractivity contribution in [1.82, 2.24) is 9.80 Å². The molecular formula is C20H26N2O3. The van der Waals surface area contributed by atoms with E-state index < -0.39 is 0 Å². The second-order valence-electron chi connectivity index (χ2n) is 7.66. The van der Waals surface area contributed by atoms with Crippen molar-refractivity contribution >= 4 is 11.8 Å². The van der Waals surface area contributed by atoms with Crippen LogP contribution < -0.4 is 4.74 Å². The van der Waals surface area contributed by atoms with Crippen LogP contribution in [0, 0.1) is 5.41 Å². The molecule has 1 aromatic carbocycles. The number of likely N-dealkylation sites (tertiary alicyclic amines) is 2. The van der Waals surface area contributed by atoms with Gasteiger partial charge in [0.15, 0.2) is 6.10 Å². The molecule has 4 rings (SSSR count). The van der Waals surface area contributed by atoms with E-state index in [1.807, 2.05) is 34.9 Å². The van der Waals surface area contributed by atoms with Crippen molar-refractivity contribution in [1.29, 1.82) is 0 Å². The van der Waals surface area contributed by atoms with Crippen LogP contribution in [0.3, 0.4) is 0 Å². The Morgan fingerprint density at radius 3 is 2.76 bits per heavy atom. The van der Waals surface area contributed by atoms with Crippen molar-refractivity contribution in [3.05, 3.63) is 29.8 Å². The highest BCUT2D eigenvalue weighted by Crippen LogP contribution is 2.41. The van der Waals surface area contributed by atoms with E-state index in [0.717, 1.165) is 57.6 Å². The number of carbonyl (C=O) groups is 2. The van der Waals surface area contributed by atoms with Gasteiger partial charge >= 0.3 is 0 Å². The first kappa shape index (κ1) is 16.4. The lowest BCUT2D eigenvalue weighted by Gasteiger charge is -2.40. The SMILES string of the molecule is CCN1CC2(CCN(C(=O)[C@@H]3CCc4ccccc4O3)CC2)CC1=O. The van der Waals surface area contributed by atoms with Crippen LogP contribution in [0.4, 0.5) is 0 Å². The van der Waals surface area contributed by atoms with Crippen molar-refractivity contribution in [3.8, 4) is 5.75 Å². The van der Waals surface area contributed by atoms with E-state index in [-0.39, 0.29) is 23.3 Å². The maximum absolute atomic E-state index is 12.9. The molecule has 0 aliphatic carbocycles. The Morgan fingerprint density at radius 2 is 2.04 bits per heavy atom. The molecule has 3 aliphatic rings. The van der Waals surface area contributed by atoms with E-state index in [1.165, 1.54) is 5.56 Å². The molecule has 5 heteroatoms. The maximum Gasteiger partial charge on any atom is 0.263 e. The van der Waals surface area contributed by atoms with Gasteiger partial charge in [0.1, 0.15) is 5.75 Å². The topological polar surface area (TPSA) is 49.9 Å². The summed E-state index contributed by atoms with van der Waals surface area (Å²) in [6.07, 6.45) is 3.77. The number of hydrogen-bond acceptors (Lipinski definition) is 3. The summed E-state index contributed by atoms with van der Waals surface area (Å²) in [6.45, 7) is 5.17. The molecular weight excluding hydrogens is 316 g/mol. The van der Waals surface area contributed by atoms with Gasteiger partial charge in [0.25, 0.3) is 5.91 Å². The van der Waals surface area contributed by atoms with Gasteiger partial charge < -0.3 is 14.5 Å². The first-order valence-corrected chi connectivity index (χ1v) is 9.41. The molecule has 0 radical (unpaired) electrons. The number of carbonyl (C=O) groups excluding carboxylic acids is 2. The van der Waals surface area contributed by atoms with Gasteiger partial charge in [-0.3, -0.25) is 9.59 Å². The van der Waals surface area contributed by atoms with Gasteiger partial charge in [-0.05, 0) is 44.2 Å². The summed E-state index contributed by atoms with van der Waals surface area (Å²) in [5.74, 6) is 1.23. The standard InChI is InChI=1S/C20H26N2O3/c1-2-21-14-20(13-18(21)23)9-11-22(12-10-20)19(24)17-8-7-15-5-3-4-6-16(15)25-17/h3-6,17H,2,7-14H2,1H3/t17-/m0/s1. The molecule has 1 atom stereocenters. The van der Waals surface area contributed by atoms with E-state index in [2.05, 4.69) is 6.07 Å². The zero-order chi connectivity index (χ0) is 17.4. The van der Waals surface area contributed by atoms with Gasteiger partial charge in [-0.25, -0.2) is 0 Å². The van der Waals surface area contributed by atoms with Crippen LogP contribution in [0.15, 0.2) is 24.3 Å². The molecule has 25 heavy (non-hydrogen) atoms. The summed E-state index contributed by atoms with van der Waals surface area (Å²) in [6, 6.07) is 7.98. The number of nitrogens with zero attached hydrogens (tertiary/aromatic N) is 2. The summed E-state index contributed by atoms with van der Waals surface area (Å²) in [7, 11) is 0. The summed E-state index contributed by atoms with van der Waals surface area (Å²) in [4.78, 5) is 28.9. The molecule has 3 heterocycles.